The highest BCUT2D eigenvalue weighted by Crippen LogP contribution is 2.16. The third-order valence-electron chi connectivity index (χ3n) is 4.09. The molecule has 4 nitrogen and oxygen atoms in total. The van der Waals surface area contributed by atoms with E-state index in [-0.39, 0.29) is 6.42 Å². The van der Waals surface area contributed by atoms with Crippen molar-refractivity contribution >= 4 is 5.97 Å². The predicted molar refractivity (Wildman–Crippen MR) is 96.5 cm³/mol. The maximum absolute atomic E-state index is 10.5. The molecule has 0 saturated heterocycles. The van der Waals surface area contributed by atoms with Gasteiger partial charge in [0.2, 0.25) is 0 Å². The first-order valence-corrected chi connectivity index (χ1v) is 9.23. The smallest absolute Gasteiger partial charge is 0.305 e. The van der Waals surface area contributed by atoms with Crippen LogP contribution < -0.4 is 4.74 Å². The second-order valence-corrected chi connectivity index (χ2v) is 6.41. The van der Waals surface area contributed by atoms with E-state index < -0.39 is 12.1 Å². The van der Waals surface area contributed by atoms with Crippen molar-refractivity contribution in [3.8, 4) is 5.75 Å². The molecule has 1 aromatic rings. The molecule has 2 N–H and O–H groups in total. The van der Waals surface area contributed by atoms with E-state index in [0.29, 0.717) is 12.8 Å². The molecule has 1 aromatic carbocycles. The summed E-state index contributed by atoms with van der Waals surface area (Å²) in [6.45, 7) is 2.97. The molecule has 1 unspecified atom stereocenters. The number of benzene rings is 1. The molecule has 0 radical (unpaired) electrons. The number of carbonyl (C=O) groups is 1. The monoisotopic (exact) mass is 336 g/mol. The van der Waals surface area contributed by atoms with Crippen LogP contribution in [-0.4, -0.2) is 28.9 Å². The molecule has 1 atom stereocenters. The minimum absolute atomic E-state index is 0.200. The average Bonchev–Trinajstić information content (AvgIpc) is 2.55. The Hall–Kier alpha value is -1.55. The number of hydrogen-bond donors (Lipinski definition) is 2. The van der Waals surface area contributed by atoms with Crippen LogP contribution in [0.4, 0.5) is 0 Å². The van der Waals surface area contributed by atoms with Crippen LogP contribution in [0.25, 0.3) is 0 Å². The molecule has 0 heterocycles. The highest BCUT2D eigenvalue weighted by atomic mass is 16.5. The number of aliphatic hydroxyl groups excluding tert-OH is 1. The fourth-order valence-electron chi connectivity index (χ4n) is 2.68. The predicted octanol–water partition coefficient (Wildman–Crippen LogP) is 4.58. The Morgan fingerprint density at radius 3 is 2.54 bits per heavy atom. The maximum atomic E-state index is 10.5. The molecule has 0 spiro atoms. The lowest BCUT2D eigenvalue weighted by atomic mass is 10.0. The van der Waals surface area contributed by atoms with Crippen molar-refractivity contribution in [1.82, 2.24) is 0 Å². The molecule has 136 valence electrons. The molecule has 4 heteroatoms. The summed E-state index contributed by atoms with van der Waals surface area (Å²) in [7, 11) is 0. The fraction of sp³-hybridized carbons (Fsp3) is 0.650. The van der Waals surface area contributed by atoms with E-state index in [1.54, 1.807) is 0 Å². The molecule has 0 aromatic heterocycles. The first-order chi connectivity index (χ1) is 11.6. The van der Waals surface area contributed by atoms with Gasteiger partial charge in [0, 0.05) is 0 Å². The van der Waals surface area contributed by atoms with Crippen molar-refractivity contribution in [2.75, 3.05) is 6.61 Å². The van der Waals surface area contributed by atoms with Crippen LogP contribution >= 0.6 is 0 Å². The number of aryl methyl sites for hydroxylation is 1. The summed E-state index contributed by atoms with van der Waals surface area (Å²) in [6, 6.07) is 7.85. The molecule has 1 rings (SSSR count). The third kappa shape index (κ3) is 10.3. The molecule has 0 aliphatic heterocycles. The van der Waals surface area contributed by atoms with Gasteiger partial charge >= 0.3 is 5.97 Å². The second-order valence-electron chi connectivity index (χ2n) is 6.41. The van der Waals surface area contributed by atoms with Crippen molar-refractivity contribution in [3.05, 3.63) is 29.8 Å². The molecule has 24 heavy (non-hydrogen) atoms. The molecule has 0 bridgehead atoms. The van der Waals surface area contributed by atoms with E-state index in [1.165, 1.54) is 38.5 Å². The van der Waals surface area contributed by atoms with Gasteiger partial charge in [-0.1, -0.05) is 57.6 Å². The zero-order valence-corrected chi connectivity index (χ0v) is 14.9. The van der Waals surface area contributed by atoms with Gasteiger partial charge in [-0.15, -0.1) is 0 Å². The summed E-state index contributed by atoms with van der Waals surface area (Å²) < 4.78 is 5.79. The lowest BCUT2D eigenvalue weighted by Crippen LogP contribution is -2.13. The van der Waals surface area contributed by atoms with Crippen molar-refractivity contribution in [2.45, 2.75) is 77.2 Å². The standard InChI is InChI=1S/C20H32O4/c1-2-3-4-5-6-7-8-14-24-19-11-9-10-17(15-19)12-13-18(21)16-20(22)23/h9-11,15,18,21H,2-8,12-14,16H2,1H3,(H,22,23). The van der Waals surface area contributed by atoms with Crippen molar-refractivity contribution in [2.24, 2.45) is 0 Å². The Labute approximate surface area is 145 Å². The first-order valence-electron chi connectivity index (χ1n) is 9.23. The van der Waals surface area contributed by atoms with Gasteiger partial charge in [0.15, 0.2) is 0 Å². The van der Waals surface area contributed by atoms with Crippen LogP contribution in [0.1, 0.15) is 70.3 Å². The van der Waals surface area contributed by atoms with Crippen LogP contribution in [0.15, 0.2) is 24.3 Å². The van der Waals surface area contributed by atoms with Gasteiger partial charge in [-0.25, -0.2) is 0 Å². The topological polar surface area (TPSA) is 66.8 Å². The average molecular weight is 336 g/mol. The maximum Gasteiger partial charge on any atom is 0.305 e. The quantitative estimate of drug-likeness (QED) is 0.488. The second kappa shape index (κ2) is 12.8. The van der Waals surface area contributed by atoms with Gasteiger partial charge in [-0.05, 0) is 37.0 Å². The minimum Gasteiger partial charge on any atom is -0.494 e. The Morgan fingerprint density at radius 2 is 1.83 bits per heavy atom. The van der Waals surface area contributed by atoms with Gasteiger partial charge in [0.25, 0.3) is 0 Å². The number of carboxylic acids is 1. The largest absolute Gasteiger partial charge is 0.494 e. The molecule has 0 aliphatic rings. The number of unbranched alkanes of at least 4 members (excludes halogenated alkanes) is 6. The highest BCUT2D eigenvalue weighted by Gasteiger charge is 2.09. The number of ether oxygens (including phenoxy) is 1. The van der Waals surface area contributed by atoms with Gasteiger partial charge in [-0.2, -0.15) is 0 Å². The van der Waals surface area contributed by atoms with Crippen LogP contribution in [0.2, 0.25) is 0 Å². The fourth-order valence-corrected chi connectivity index (χ4v) is 2.68. The summed E-state index contributed by atoms with van der Waals surface area (Å²) >= 11 is 0. The Bertz CT molecular complexity index is 459. The Morgan fingerprint density at radius 1 is 1.12 bits per heavy atom. The van der Waals surface area contributed by atoms with Crippen LogP contribution in [0, 0.1) is 0 Å². The molecule has 0 saturated carbocycles. The highest BCUT2D eigenvalue weighted by molar-refractivity contribution is 5.67. The molecule has 0 amide bonds. The number of aliphatic hydroxyl groups is 1. The van der Waals surface area contributed by atoms with E-state index in [2.05, 4.69) is 6.92 Å². The lowest BCUT2D eigenvalue weighted by molar-refractivity contribution is -0.139. The van der Waals surface area contributed by atoms with Crippen molar-refractivity contribution < 1.29 is 19.7 Å². The number of aliphatic carboxylic acids is 1. The van der Waals surface area contributed by atoms with Crippen LogP contribution in [-0.2, 0) is 11.2 Å². The summed E-state index contributed by atoms with van der Waals surface area (Å²) in [6.07, 6.45) is 8.97. The van der Waals surface area contributed by atoms with Gasteiger partial charge < -0.3 is 14.9 Å². The number of carboxylic acid groups (broad SMARTS) is 1. The molecular formula is C20H32O4. The van der Waals surface area contributed by atoms with Gasteiger partial charge in [0.1, 0.15) is 5.75 Å². The normalized spacial score (nSPS) is 12.1. The summed E-state index contributed by atoms with van der Waals surface area (Å²) in [5, 5.41) is 18.3. The molecule has 0 fully saturated rings. The summed E-state index contributed by atoms with van der Waals surface area (Å²) in [5.41, 5.74) is 1.07. The lowest BCUT2D eigenvalue weighted by Gasteiger charge is -2.10. The van der Waals surface area contributed by atoms with E-state index in [1.807, 2.05) is 24.3 Å². The van der Waals surface area contributed by atoms with E-state index in [4.69, 9.17) is 9.84 Å². The summed E-state index contributed by atoms with van der Waals surface area (Å²) in [4.78, 5) is 10.5. The molecular weight excluding hydrogens is 304 g/mol. The van der Waals surface area contributed by atoms with E-state index >= 15 is 0 Å². The first kappa shape index (κ1) is 20.5. The Kier molecular flexibility index (Phi) is 10.9. The number of hydrogen-bond acceptors (Lipinski definition) is 3. The van der Waals surface area contributed by atoms with Crippen molar-refractivity contribution in [3.63, 3.8) is 0 Å². The molecule has 0 aliphatic carbocycles. The Balaban J connectivity index is 2.19. The SMILES string of the molecule is CCCCCCCCCOc1cccc(CCC(O)CC(=O)O)c1. The zero-order chi connectivity index (χ0) is 17.6. The van der Waals surface area contributed by atoms with Crippen LogP contribution in [0.5, 0.6) is 5.75 Å². The van der Waals surface area contributed by atoms with E-state index in [0.717, 1.165) is 24.3 Å². The van der Waals surface area contributed by atoms with Gasteiger partial charge in [-0.3, -0.25) is 4.79 Å². The third-order valence-corrected chi connectivity index (χ3v) is 4.09. The number of rotatable bonds is 14. The van der Waals surface area contributed by atoms with Gasteiger partial charge in [0.05, 0.1) is 19.1 Å². The van der Waals surface area contributed by atoms with Crippen LogP contribution in [0.3, 0.4) is 0 Å². The van der Waals surface area contributed by atoms with E-state index in [9.17, 15) is 9.90 Å². The minimum atomic E-state index is -0.964. The van der Waals surface area contributed by atoms with Crippen molar-refractivity contribution in [1.29, 1.82) is 0 Å². The summed E-state index contributed by atoms with van der Waals surface area (Å²) in [5.74, 6) is -0.111. The zero-order valence-electron chi connectivity index (χ0n) is 14.9.